The van der Waals surface area contributed by atoms with Crippen LogP contribution in [0, 0.1) is 55.7 Å². The molecule has 3 unspecified atom stereocenters. The van der Waals surface area contributed by atoms with Crippen LogP contribution < -0.4 is 0 Å². The summed E-state index contributed by atoms with van der Waals surface area (Å²) in [5.74, 6) is 2.30. The lowest BCUT2D eigenvalue weighted by Gasteiger charge is -2.63. The minimum Gasteiger partial charge on any atom is -0.459 e. The molecule has 3 atom stereocenters. The first-order valence-corrected chi connectivity index (χ1v) is 20.0. The molecule has 5 fully saturated rings. The number of carbonyl (C=O) groups excluding carboxylic acids is 2. The fraction of sp³-hybridized carbons (Fsp3) is 0.955. The summed E-state index contributed by atoms with van der Waals surface area (Å²) in [6, 6.07) is 0. The molecule has 0 radical (unpaired) electrons. The molecule has 5 rings (SSSR count). The molecule has 0 aromatic heterocycles. The highest BCUT2D eigenvalue weighted by molar-refractivity contribution is 5.78. The first kappa shape index (κ1) is 39.7. The van der Waals surface area contributed by atoms with E-state index in [9.17, 15) is 9.59 Å². The number of hydrogen-bond donors (Lipinski definition) is 0. The van der Waals surface area contributed by atoms with Crippen LogP contribution in [0.3, 0.4) is 0 Å². The molecular formula is C44H78O4. The maximum Gasteiger partial charge on any atom is 0.312 e. The third-order valence-electron chi connectivity index (χ3n) is 14.6. The predicted molar refractivity (Wildman–Crippen MR) is 200 cm³/mol. The van der Waals surface area contributed by atoms with Crippen LogP contribution in [0.25, 0.3) is 0 Å². The molecule has 0 heterocycles. The molecule has 0 spiro atoms. The molecule has 0 amide bonds. The normalized spacial score (nSPS) is 31.1. The van der Waals surface area contributed by atoms with E-state index >= 15 is 0 Å². The summed E-state index contributed by atoms with van der Waals surface area (Å²) in [5, 5.41) is 0. The van der Waals surface area contributed by atoms with Gasteiger partial charge in [0.25, 0.3) is 0 Å². The van der Waals surface area contributed by atoms with Gasteiger partial charge in [0.05, 0.1) is 10.8 Å². The number of carbonyl (C=O) groups is 2. The van der Waals surface area contributed by atoms with E-state index in [0.717, 1.165) is 75.5 Å². The third-order valence-corrected chi connectivity index (χ3v) is 14.6. The van der Waals surface area contributed by atoms with Gasteiger partial charge >= 0.3 is 11.9 Å². The minimum absolute atomic E-state index is 0.00537. The predicted octanol–water partition coefficient (Wildman–Crippen LogP) is 12.5. The Morgan fingerprint density at radius 1 is 0.604 bits per heavy atom. The Morgan fingerprint density at radius 3 is 1.38 bits per heavy atom. The van der Waals surface area contributed by atoms with Gasteiger partial charge in [0.15, 0.2) is 0 Å². The van der Waals surface area contributed by atoms with Gasteiger partial charge in [-0.15, -0.1) is 0 Å². The first-order valence-electron chi connectivity index (χ1n) is 20.0. The summed E-state index contributed by atoms with van der Waals surface area (Å²) in [7, 11) is 0. The van der Waals surface area contributed by atoms with Crippen LogP contribution in [0.15, 0.2) is 0 Å². The molecule has 4 bridgehead atoms. The van der Waals surface area contributed by atoms with Crippen LogP contribution in [0.4, 0.5) is 0 Å². The van der Waals surface area contributed by atoms with Crippen molar-refractivity contribution < 1.29 is 19.1 Å². The standard InChI is InChI=1S/C44H78O4/c1-36(2,3)29-40(13,38(7,8)9)34(45)47-42(15,43-26-31-23-32(27-43)25-33(24-31)28-43)19-18-22-44(20-16-17-21-44)48-35(46)41(14,39(10,11)12)30-37(4,5)6/h31-33H,16-30H2,1-15H3. The monoisotopic (exact) mass is 671 g/mol. The Hall–Kier alpha value is -1.06. The average Bonchev–Trinajstić information content (AvgIpc) is 3.32. The van der Waals surface area contributed by atoms with E-state index < -0.39 is 22.0 Å². The molecule has 48 heavy (non-hydrogen) atoms. The highest BCUT2D eigenvalue weighted by atomic mass is 16.6. The summed E-state index contributed by atoms with van der Waals surface area (Å²) >= 11 is 0. The van der Waals surface area contributed by atoms with Crippen LogP contribution in [0.5, 0.6) is 0 Å². The largest absolute Gasteiger partial charge is 0.459 e. The van der Waals surface area contributed by atoms with E-state index in [1.54, 1.807) is 0 Å². The van der Waals surface area contributed by atoms with Crippen molar-refractivity contribution in [2.24, 2.45) is 55.7 Å². The molecule has 0 aromatic carbocycles. The number of esters is 2. The summed E-state index contributed by atoms with van der Waals surface area (Å²) in [6.07, 6.45) is 16.0. The van der Waals surface area contributed by atoms with Crippen LogP contribution in [-0.2, 0) is 19.1 Å². The smallest absolute Gasteiger partial charge is 0.312 e. The van der Waals surface area contributed by atoms with Crippen molar-refractivity contribution in [3.8, 4) is 0 Å². The Labute approximate surface area is 297 Å². The third kappa shape index (κ3) is 8.03. The van der Waals surface area contributed by atoms with E-state index in [1.807, 2.05) is 0 Å². The topological polar surface area (TPSA) is 52.6 Å². The van der Waals surface area contributed by atoms with Crippen molar-refractivity contribution in [2.75, 3.05) is 0 Å². The fourth-order valence-electron chi connectivity index (χ4n) is 11.4. The zero-order valence-electron chi connectivity index (χ0n) is 34.5. The maximum atomic E-state index is 14.8. The maximum absolute atomic E-state index is 14.8. The molecule has 4 nitrogen and oxygen atoms in total. The molecule has 0 aromatic rings. The van der Waals surface area contributed by atoms with Crippen molar-refractivity contribution >= 4 is 11.9 Å². The van der Waals surface area contributed by atoms with E-state index in [-0.39, 0.29) is 39.0 Å². The second kappa shape index (κ2) is 12.9. The van der Waals surface area contributed by atoms with E-state index in [1.165, 1.54) is 38.5 Å². The molecular weight excluding hydrogens is 592 g/mol. The van der Waals surface area contributed by atoms with Crippen molar-refractivity contribution in [1.82, 2.24) is 0 Å². The Morgan fingerprint density at radius 2 is 1.00 bits per heavy atom. The highest BCUT2D eigenvalue weighted by Crippen LogP contribution is 2.66. The second-order valence-electron chi connectivity index (χ2n) is 23.1. The molecule has 0 saturated heterocycles. The lowest BCUT2D eigenvalue weighted by molar-refractivity contribution is -0.220. The lowest BCUT2D eigenvalue weighted by atomic mass is 9.45. The SMILES string of the molecule is CC(C)(C)CC(C)(C(=O)OC1(CCCC(C)(OC(=O)C(C)(CC(C)(C)C)C(C)(C)C)C23CC4CC(CC(C4)C2)C3)CCCC1)C(C)(C)C. The van der Waals surface area contributed by atoms with Gasteiger partial charge in [0, 0.05) is 5.41 Å². The number of rotatable bonds is 11. The number of ether oxygens (including phenoxy) is 2. The highest BCUT2D eigenvalue weighted by Gasteiger charge is 2.62. The molecule has 5 aliphatic rings. The Kier molecular flexibility index (Phi) is 10.6. The summed E-state index contributed by atoms with van der Waals surface area (Å²) in [5.41, 5.74) is -2.48. The summed E-state index contributed by atoms with van der Waals surface area (Å²) in [6.45, 7) is 33.3. The van der Waals surface area contributed by atoms with Gasteiger partial charge in [-0.25, -0.2) is 0 Å². The minimum atomic E-state index is -0.596. The van der Waals surface area contributed by atoms with Gasteiger partial charge in [-0.1, -0.05) is 83.1 Å². The molecule has 0 aliphatic heterocycles. The van der Waals surface area contributed by atoms with Crippen LogP contribution in [0.1, 0.15) is 200 Å². The molecule has 0 N–H and O–H groups in total. The molecule has 278 valence electrons. The second-order valence-corrected chi connectivity index (χ2v) is 23.1. The first-order chi connectivity index (χ1) is 21.6. The Bertz CT molecular complexity index is 1130. The van der Waals surface area contributed by atoms with Crippen LogP contribution >= 0.6 is 0 Å². The quantitative estimate of drug-likeness (QED) is 0.205. The average molecular weight is 671 g/mol. The van der Waals surface area contributed by atoms with E-state index in [4.69, 9.17) is 9.47 Å². The van der Waals surface area contributed by atoms with Gasteiger partial charge in [-0.05, 0) is 156 Å². The van der Waals surface area contributed by atoms with Crippen LogP contribution in [0.2, 0.25) is 0 Å². The lowest BCUT2D eigenvalue weighted by Crippen LogP contribution is -2.60. The zero-order valence-corrected chi connectivity index (χ0v) is 34.5. The van der Waals surface area contributed by atoms with E-state index in [2.05, 4.69) is 104 Å². The van der Waals surface area contributed by atoms with Crippen molar-refractivity contribution in [1.29, 1.82) is 0 Å². The van der Waals surface area contributed by atoms with Gasteiger partial charge in [-0.3, -0.25) is 9.59 Å². The van der Waals surface area contributed by atoms with Crippen molar-refractivity contribution in [3.05, 3.63) is 0 Å². The van der Waals surface area contributed by atoms with Gasteiger partial charge in [-0.2, -0.15) is 0 Å². The molecule has 4 heteroatoms. The van der Waals surface area contributed by atoms with Crippen molar-refractivity contribution in [2.45, 2.75) is 211 Å². The van der Waals surface area contributed by atoms with Crippen molar-refractivity contribution in [3.63, 3.8) is 0 Å². The molecule has 5 saturated carbocycles. The van der Waals surface area contributed by atoms with E-state index in [0.29, 0.717) is 0 Å². The van der Waals surface area contributed by atoms with Gasteiger partial charge in [0.1, 0.15) is 11.2 Å². The molecule has 5 aliphatic carbocycles. The van der Waals surface area contributed by atoms with Gasteiger partial charge in [0.2, 0.25) is 0 Å². The summed E-state index contributed by atoms with van der Waals surface area (Å²) < 4.78 is 13.9. The summed E-state index contributed by atoms with van der Waals surface area (Å²) in [4.78, 5) is 29.1. The zero-order chi connectivity index (χ0) is 36.4. The number of hydrogen-bond acceptors (Lipinski definition) is 4. The fourth-order valence-corrected chi connectivity index (χ4v) is 11.4. The van der Waals surface area contributed by atoms with Crippen LogP contribution in [-0.4, -0.2) is 23.1 Å². The Balaban J connectivity index is 1.62. The van der Waals surface area contributed by atoms with Gasteiger partial charge < -0.3 is 9.47 Å².